The van der Waals surface area contributed by atoms with E-state index in [0.29, 0.717) is 22.5 Å². The van der Waals surface area contributed by atoms with E-state index in [1.54, 1.807) is 85.4 Å². The minimum absolute atomic E-state index is 0.0177. The average molecular weight is 528 g/mol. The molecule has 1 heterocycles. The Hall–Kier alpha value is -5.45. The fraction of sp³-hybridized carbons (Fsp3) is 0.107. The van der Waals surface area contributed by atoms with Crippen LogP contribution < -0.4 is 25.8 Å². The van der Waals surface area contributed by atoms with Crippen molar-refractivity contribution in [2.75, 3.05) is 12.4 Å². The molecular formula is C28H25N5O6. The van der Waals surface area contributed by atoms with Crippen molar-refractivity contribution in [3.05, 3.63) is 106 Å². The fourth-order valence-corrected chi connectivity index (χ4v) is 3.68. The lowest BCUT2D eigenvalue weighted by Crippen LogP contribution is -2.34. The van der Waals surface area contributed by atoms with E-state index in [0.717, 1.165) is 0 Å². The number of nitrogens with zero attached hydrogens (tertiary/aromatic N) is 3. The number of rotatable bonds is 7. The molecule has 39 heavy (non-hydrogen) atoms. The van der Waals surface area contributed by atoms with Gasteiger partial charge in [-0.2, -0.15) is 5.10 Å². The van der Waals surface area contributed by atoms with Gasteiger partial charge in [0, 0.05) is 7.05 Å². The maximum atomic E-state index is 12.9. The maximum absolute atomic E-state index is 12.9. The standard InChI is InChI=1S/C28H25N5O6/c1-18-24(27(36)33(32(18)2)21-12-8-5-9-13-21)30-25(34)26(35)31-29-17-19-14-15-22(23(16-19)38-3)39-28(37)20-10-6-4-7-11-20/h4-17H,1-3H3,(H,30,34)(H,31,35)/b29-17+. The fourth-order valence-electron chi connectivity index (χ4n) is 3.68. The molecule has 0 unspecified atom stereocenters. The van der Waals surface area contributed by atoms with Crippen LogP contribution in [0.15, 0.2) is 88.8 Å². The highest BCUT2D eigenvalue weighted by Crippen LogP contribution is 2.28. The zero-order valence-corrected chi connectivity index (χ0v) is 21.4. The Bertz CT molecular complexity index is 1610. The van der Waals surface area contributed by atoms with Gasteiger partial charge in [0.2, 0.25) is 0 Å². The summed E-state index contributed by atoms with van der Waals surface area (Å²) < 4.78 is 13.7. The summed E-state index contributed by atoms with van der Waals surface area (Å²) in [5, 5.41) is 6.16. The number of methoxy groups -OCH3 is 1. The second-order valence-corrected chi connectivity index (χ2v) is 8.26. The predicted octanol–water partition coefficient (Wildman–Crippen LogP) is 2.80. The van der Waals surface area contributed by atoms with Crippen LogP contribution in [0.4, 0.5) is 5.69 Å². The van der Waals surface area contributed by atoms with Gasteiger partial charge in [-0.05, 0) is 55.0 Å². The van der Waals surface area contributed by atoms with Crippen molar-refractivity contribution in [3.8, 4) is 17.2 Å². The van der Waals surface area contributed by atoms with Crippen LogP contribution in [0, 0.1) is 6.92 Å². The summed E-state index contributed by atoms with van der Waals surface area (Å²) in [6.07, 6.45) is 1.28. The topological polar surface area (TPSA) is 133 Å². The lowest BCUT2D eigenvalue weighted by atomic mass is 10.2. The van der Waals surface area contributed by atoms with Gasteiger partial charge < -0.3 is 14.8 Å². The molecule has 11 heteroatoms. The Morgan fingerprint density at radius 3 is 2.23 bits per heavy atom. The maximum Gasteiger partial charge on any atom is 0.343 e. The largest absolute Gasteiger partial charge is 0.493 e. The molecule has 4 rings (SSSR count). The number of carbonyl (C=O) groups excluding carboxylic acids is 3. The van der Waals surface area contributed by atoms with Gasteiger partial charge >= 0.3 is 17.8 Å². The van der Waals surface area contributed by atoms with Crippen LogP contribution in [0.5, 0.6) is 11.5 Å². The van der Waals surface area contributed by atoms with E-state index >= 15 is 0 Å². The SMILES string of the molecule is COc1cc(/C=N/NC(=O)C(=O)Nc2c(C)n(C)n(-c3ccccc3)c2=O)ccc1OC(=O)c1ccccc1. The van der Waals surface area contributed by atoms with Crippen LogP contribution in [-0.4, -0.2) is 40.5 Å². The van der Waals surface area contributed by atoms with Crippen molar-refractivity contribution < 1.29 is 23.9 Å². The molecule has 0 atom stereocenters. The highest BCUT2D eigenvalue weighted by molar-refractivity contribution is 6.39. The molecule has 11 nitrogen and oxygen atoms in total. The highest BCUT2D eigenvalue weighted by atomic mass is 16.6. The number of benzene rings is 3. The summed E-state index contributed by atoms with van der Waals surface area (Å²) in [6.45, 7) is 1.65. The molecule has 0 aliphatic rings. The quantitative estimate of drug-likeness (QED) is 0.125. The Morgan fingerprint density at radius 1 is 0.897 bits per heavy atom. The molecule has 2 amide bonds. The molecule has 0 spiro atoms. The Morgan fingerprint density at radius 2 is 1.56 bits per heavy atom. The van der Waals surface area contributed by atoms with Gasteiger partial charge in [0.15, 0.2) is 11.5 Å². The van der Waals surface area contributed by atoms with Crippen molar-refractivity contribution in [1.82, 2.24) is 14.8 Å². The second kappa shape index (κ2) is 11.7. The number of anilines is 1. The molecule has 2 N–H and O–H groups in total. The number of carbonyl (C=O) groups is 3. The molecule has 0 saturated carbocycles. The van der Waals surface area contributed by atoms with Crippen molar-refractivity contribution in [3.63, 3.8) is 0 Å². The van der Waals surface area contributed by atoms with Crippen LogP contribution in [0.2, 0.25) is 0 Å². The number of aromatic nitrogens is 2. The molecule has 0 radical (unpaired) electrons. The van der Waals surface area contributed by atoms with Crippen molar-refractivity contribution in [2.45, 2.75) is 6.92 Å². The summed E-state index contributed by atoms with van der Waals surface area (Å²) in [5.74, 6) is -2.20. The third-order valence-electron chi connectivity index (χ3n) is 5.78. The van der Waals surface area contributed by atoms with Crippen molar-refractivity contribution in [1.29, 1.82) is 0 Å². The summed E-state index contributed by atoms with van der Waals surface area (Å²) >= 11 is 0. The van der Waals surface area contributed by atoms with Crippen LogP contribution in [0.1, 0.15) is 21.6 Å². The summed E-state index contributed by atoms with van der Waals surface area (Å²) in [7, 11) is 3.09. The summed E-state index contributed by atoms with van der Waals surface area (Å²) in [6, 6.07) is 22.1. The Labute approximate surface area is 223 Å². The van der Waals surface area contributed by atoms with Crippen LogP contribution in [0.3, 0.4) is 0 Å². The molecule has 0 aliphatic heterocycles. The molecule has 198 valence electrons. The van der Waals surface area contributed by atoms with Crippen LogP contribution in [0.25, 0.3) is 5.69 Å². The number of esters is 1. The minimum Gasteiger partial charge on any atom is -0.493 e. The van der Waals surface area contributed by atoms with Crippen LogP contribution >= 0.6 is 0 Å². The van der Waals surface area contributed by atoms with Crippen molar-refractivity contribution >= 4 is 29.7 Å². The molecule has 0 bridgehead atoms. The first-order chi connectivity index (χ1) is 18.8. The van der Waals surface area contributed by atoms with Gasteiger partial charge in [-0.3, -0.25) is 19.1 Å². The first-order valence-corrected chi connectivity index (χ1v) is 11.7. The number of hydrogen-bond donors (Lipinski definition) is 2. The number of nitrogens with one attached hydrogen (secondary N) is 2. The van der Waals surface area contributed by atoms with E-state index in [9.17, 15) is 19.2 Å². The second-order valence-electron chi connectivity index (χ2n) is 8.26. The molecule has 4 aromatic rings. The first kappa shape index (κ1) is 26.6. The van der Waals surface area contributed by atoms with Gasteiger partial charge in [-0.15, -0.1) is 0 Å². The van der Waals surface area contributed by atoms with E-state index < -0.39 is 23.3 Å². The average Bonchev–Trinajstić information content (AvgIpc) is 3.17. The number of amides is 2. The molecule has 0 saturated heterocycles. The number of para-hydroxylation sites is 1. The number of hydrogen-bond acceptors (Lipinski definition) is 7. The molecule has 0 fully saturated rings. The van der Waals surface area contributed by atoms with E-state index in [1.807, 2.05) is 6.07 Å². The lowest BCUT2D eigenvalue weighted by Gasteiger charge is -2.10. The van der Waals surface area contributed by atoms with Gasteiger partial charge in [0.1, 0.15) is 5.69 Å². The zero-order chi connectivity index (χ0) is 27.9. The molecule has 1 aromatic heterocycles. The highest BCUT2D eigenvalue weighted by Gasteiger charge is 2.21. The third-order valence-corrected chi connectivity index (χ3v) is 5.78. The van der Waals surface area contributed by atoms with Gasteiger partial charge in [-0.25, -0.2) is 14.9 Å². The smallest absolute Gasteiger partial charge is 0.343 e. The van der Waals surface area contributed by atoms with Gasteiger partial charge in [-0.1, -0.05) is 36.4 Å². The monoisotopic (exact) mass is 527 g/mol. The molecular weight excluding hydrogens is 502 g/mol. The summed E-state index contributed by atoms with van der Waals surface area (Å²) in [4.78, 5) is 50.0. The Kier molecular flexibility index (Phi) is 8.00. The first-order valence-electron chi connectivity index (χ1n) is 11.7. The third kappa shape index (κ3) is 5.93. The molecule has 3 aromatic carbocycles. The van der Waals surface area contributed by atoms with E-state index in [1.165, 1.54) is 24.1 Å². The normalized spacial score (nSPS) is 10.7. The minimum atomic E-state index is -1.07. The summed E-state index contributed by atoms with van der Waals surface area (Å²) in [5.41, 5.74) is 3.59. The van der Waals surface area contributed by atoms with Gasteiger partial charge in [0.05, 0.1) is 30.3 Å². The number of hydrazone groups is 1. The molecule has 0 aliphatic carbocycles. The van der Waals surface area contributed by atoms with Crippen LogP contribution in [-0.2, 0) is 16.6 Å². The lowest BCUT2D eigenvalue weighted by molar-refractivity contribution is -0.136. The van der Waals surface area contributed by atoms with E-state index in [4.69, 9.17) is 9.47 Å². The zero-order valence-electron chi connectivity index (χ0n) is 21.4. The van der Waals surface area contributed by atoms with E-state index in [-0.39, 0.29) is 17.2 Å². The predicted molar refractivity (Wildman–Crippen MR) is 145 cm³/mol. The van der Waals surface area contributed by atoms with Gasteiger partial charge in [0.25, 0.3) is 5.56 Å². The van der Waals surface area contributed by atoms with Crippen molar-refractivity contribution in [2.24, 2.45) is 12.1 Å². The van der Waals surface area contributed by atoms with E-state index in [2.05, 4.69) is 15.8 Å². The Balaban J connectivity index is 1.40. The number of ether oxygens (including phenoxy) is 2.